The zero-order valence-electron chi connectivity index (χ0n) is 10.2. The largest absolute Gasteiger partial charge is 0.382 e. The molecule has 8 nitrogen and oxygen atoms in total. The molecule has 1 amide bonds. The van der Waals surface area contributed by atoms with Crippen LogP contribution in [0.4, 0.5) is 28.7 Å². The Bertz CT molecular complexity index is 595. The maximum Gasteiger partial charge on any atom is 0.221 e. The smallest absolute Gasteiger partial charge is 0.221 e. The standard InChI is InChI=1S/C11H13N7O/c1-6(19)14-7-2-4-8(5-3-7)15-16-9-10(12)17-18-11(9)13/h2-5H,1H3,(H,14,19)(H5,12,13,17,18). The van der Waals surface area contributed by atoms with E-state index in [9.17, 15) is 4.79 Å². The lowest BCUT2D eigenvalue weighted by Crippen LogP contribution is -2.04. The van der Waals surface area contributed by atoms with Gasteiger partial charge in [-0.05, 0) is 24.3 Å². The molecule has 0 saturated carbocycles. The van der Waals surface area contributed by atoms with Crippen LogP contribution in [0.1, 0.15) is 6.92 Å². The van der Waals surface area contributed by atoms with Crippen molar-refractivity contribution in [3.63, 3.8) is 0 Å². The van der Waals surface area contributed by atoms with Crippen LogP contribution in [0.2, 0.25) is 0 Å². The highest BCUT2D eigenvalue weighted by Crippen LogP contribution is 2.28. The highest BCUT2D eigenvalue weighted by Gasteiger charge is 2.06. The Kier molecular flexibility index (Phi) is 3.42. The van der Waals surface area contributed by atoms with Gasteiger partial charge in [0, 0.05) is 12.6 Å². The summed E-state index contributed by atoms with van der Waals surface area (Å²) in [6, 6.07) is 6.86. The van der Waals surface area contributed by atoms with Crippen LogP contribution in [-0.2, 0) is 4.79 Å². The fourth-order valence-corrected chi connectivity index (χ4v) is 1.39. The number of nitrogen functional groups attached to an aromatic ring is 2. The van der Waals surface area contributed by atoms with Crippen LogP contribution in [-0.4, -0.2) is 16.1 Å². The molecule has 0 radical (unpaired) electrons. The summed E-state index contributed by atoms with van der Waals surface area (Å²) in [5.41, 5.74) is 12.8. The lowest BCUT2D eigenvalue weighted by molar-refractivity contribution is -0.114. The number of aromatic amines is 1. The van der Waals surface area contributed by atoms with Crippen LogP contribution >= 0.6 is 0 Å². The highest BCUT2D eigenvalue weighted by molar-refractivity contribution is 5.88. The predicted molar refractivity (Wildman–Crippen MR) is 72.3 cm³/mol. The van der Waals surface area contributed by atoms with E-state index in [0.29, 0.717) is 17.1 Å². The van der Waals surface area contributed by atoms with Crippen LogP contribution in [0, 0.1) is 0 Å². The fourth-order valence-electron chi connectivity index (χ4n) is 1.39. The van der Waals surface area contributed by atoms with E-state index in [1.807, 2.05) is 0 Å². The number of azo groups is 1. The molecule has 0 atom stereocenters. The molecule has 0 saturated heterocycles. The molecule has 1 aromatic heterocycles. The summed E-state index contributed by atoms with van der Waals surface area (Å²) in [5.74, 6) is 0.320. The van der Waals surface area contributed by atoms with Gasteiger partial charge in [-0.2, -0.15) is 10.2 Å². The van der Waals surface area contributed by atoms with E-state index in [2.05, 4.69) is 25.7 Å². The molecule has 0 unspecified atom stereocenters. The van der Waals surface area contributed by atoms with Crippen LogP contribution in [0.25, 0.3) is 0 Å². The molecule has 98 valence electrons. The highest BCUT2D eigenvalue weighted by atomic mass is 16.1. The number of carbonyl (C=O) groups is 1. The summed E-state index contributed by atoms with van der Waals surface area (Å²) in [7, 11) is 0. The van der Waals surface area contributed by atoms with E-state index < -0.39 is 0 Å². The number of aromatic nitrogens is 2. The lowest BCUT2D eigenvalue weighted by Gasteiger charge is -2.00. The van der Waals surface area contributed by atoms with Crippen molar-refractivity contribution in [3.8, 4) is 0 Å². The first-order valence-electron chi connectivity index (χ1n) is 5.45. The van der Waals surface area contributed by atoms with Gasteiger partial charge in [-0.25, -0.2) is 0 Å². The van der Waals surface area contributed by atoms with E-state index in [0.717, 1.165) is 0 Å². The molecule has 8 heteroatoms. The van der Waals surface area contributed by atoms with E-state index in [1.165, 1.54) is 6.92 Å². The van der Waals surface area contributed by atoms with Crippen molar-refractivity contribution in [2.75, 3.05) is 16.8 Å². The third kappa shape index (κ3) is 3.06. The van der Waals surface area contributed by atoms with E-state index in [4.69, 9.17) is 11.5 Å². The number of carbonyl (C=O) groups excluding carboxylic acids is 1. The molecule has 2 aromatic rings. The van der Waals surface area contributed by atoms with E-state index >= 15 is 0 Å². The molecule has 0 fully saturated rings. The number of amides is 1. The van der Waals surface area contributed by atoms with Crippen molar-refractivity contribution < 1.29 is 4.79 Å². The predicted octanol–water partition coefficient (Wildman–Crippen LogP) is 1.95. The summed E-state index contributed by atoms with van der Waals surface area (Å²) in [6.45, 7) is 1.44. The second-order valence-corrected chi connectivity index (χ2v) is 3.80. The lowest BCUT2D eigenvalue weighted by atomic mass is 10.3. The van der Waals surface area contributed by atoms with Crippen LogP contribution < -0.4 is 16.8 Å². The van der Waals surface area contributed by atoms with Crippen molar-refractivity contribution in [1.29, 1.82) is 0 Å². The zero-order chi connectivity index (χ0) is 13.8. The number of nitrogens with two attached hydrogens (primary N) is 2. The van der Waals surface area contributed by atoms with Crippen LogP contribution in [0.15, 0.2) is 34.5 Å². The molecule has 1 aromatic carbocycles. The molecule has 1 heterocycles. The first-order valence-corrected chi connectivity index (χ1v) is 5.45. The number of hydrogen-bond acceptors (Lipinski definition) is 6. The monoisotopic (exact) mass is 259 g/mol. The Balaban J connectivity index is 2.13. The van der Waals surface area contributed by atoms with E-state index in [-0.39, 0.29) is 17.5 Å². The third-order valence-corrected chi connectivity index (χ3v) is 2.25. The Morgan fingerprint density at radius 2 is 1.95 bits per heavy atom. The molecule has 0 aliphatic rings. The van der Waals surface area contributed by atoms with Crippen molar-refractivity contribution >= 4 is 34.6 Å². The number of nitrogens with one attached hydrogen (secondary N) is 2. The second kappa shape index (κ2) is 5.17. The average molecular weight is 259 g/mol. The van der Waals surface area contributed by atoms with Gasteiger partial charge < -0.3 is 16.8 Å². The molecule has 0 spiro atoms. The minimum absolute atomic E-state index is 0.131. The minimum Gasteiger partial charge on any atom is -0.382 e. The topological polar surface area (TPSA) is 135 Å². The first-order chi connectivity index (χ1) is 9.06. The molecule has 19 heavy (non-hydrogen) atoms. The van der Waals surface area contributed by atoms with Crippen molar-refractivity contribution in [1.82, 2.24) is 10.2 Å². The Labute approximate surface area is 108 Å². The summed E-state index contributed by atoms with van der Waals surface area (Å²) in [6.07, 6.45) is 0. The summed E-state index contributed by atoms with van der Waals surface area (Å²) in [4.78, 5) is 10.9. The van der Waals surface area contributed by atoms with Gasteiger partial charge in [0.15, 0.2) is 11.5 Å². The van der Waals surface area contributed by atoms with Crippen LogP contribution in [0.5, 0.6) is 0 Å². The van der Waals surface area contributed by atoms with Gasteiger partial charge in [-0.15, -0.1) is 5.11 Å². The number of anilines is 3. The molecule has 0 bridgehead atoms. The maximum absolute atomic E-state index is 10.9. The SMILES string of the molecule is CC(=O)Nc1ccc(N=Nc2c(N)n[nH]c2N)cc1. The minimum atomic E-state index is -0.131. The normalized spacial score (nSPS) is 10.8. The van der Waals surface area contributed by atoms with Gasteiger partial charge in [0.1, 0.15) is 5.82 Å². The van der Waals surface area contributed by atoms with Crippen molar-refractivity contribution in [3.05, 3.63) is 24.3 Å². The van der Waals surface area contributed by atoms with Gasteiger partial charge in [0.05, 0.1) is 5.69 Å². The number of H-pyrrole nitrogens is 1. The zero-order valence-corrected chi connectivity index (χ0v) is 10.2. The molecular formula is C11H13N7O. The summed E-state index contributed by atoms with van der Waals surface area (Å²) in [5, 5.41) is 16.8. The molecule has 2 rings (SSSR count). The Hall–Kier alpha value is -2.90. The third-order valence-electron chi connectivity index (χ3n) is 2.25. The Morgan fingerprint density at radius 3 is 2.47 bits per heavy atom. The van der Waals surface area contributed by atoms with Gasteiger partial charge >= 0.3 is 0 Å². The average Bonchev–Trinajstić information content (AvgIpc) is 2.68. The number of benzene rings is 1. The Morgan fingerprint density at radius 1 is 1.26 bits per heavy atom. The van der Waals surface area contributed by atoms with Gasteiger partial charge in [0.2, 0.25) is 5.91 Å². The number of nitrogens with zero attached hydrogens (tertiary/aromatic N) is 3. The second-order valence-electron chi connectivity index (χ2n) is 3.80. The van der Waals surface area contributed by atoms with Crippen molar-refractivity contribution in [2.24, 2.45) is 10.2 Å². The summed E-state index contributed by atoms with van der Waals surface area (Å²) >= 11 is 0. The van der Waals surface area contributed by atoms with E-state index in [1.54, 1.807) is 24.3 Å². The molecule has 6 N–H and O–H groups in total. The van der Waals surface area contributed by atoms with Gasteiger partial charge in [-0.1, -0.05) is 0 Å². The van der Waals surface area contributed by atoms with Crippen molar-refractivity contribution in [2.45, 2.75) is 6.92 Å². The van der Waals surface area contributed by atoms with Gasteiger partial charge in [0.25, 0.3) is 0 Å². The fraction of sp³-hybridized carbons (Fsp3) is 0.0909. The quantitative estimate of drug-likeness (QED) is 0.626. The maximum atomic E-state index is 10.9. The molecular weight excluding hydrogens is 246 g/mol. The first kappa shape index (κ1) is 12.6. The molecule has 0 aliphatic heterocycles. The number of rotatable bonds is 3. The number of hydrogen-bond donors (Lipinski definition) is 4. The molecule has 0 aliphatic carbocycles. The van der Waals surface area contributed by atoms with Gasteiger partial charge in [-0.3, -0.25) is 9.89 Å². The summed E-state index contributed by atoms with van der Waals surface area (Å²) < 4.78 is 0. The van der Waals surface area contributed by atoms with Crippen LogP contribution in [0.3, 0.4) is 0 Å².